The summed E-state index contributed by atoms with van der Waals surface area (Å²) in [5.41, 5.74) is 6.00. The standard InChI is InChI=1S/C16H25N3O2.HI/c1-20-14-7-5-8-15(13-14)21-12-6-9-18-16(17)19-10-3-2-4-11-19;/h5,7-8,13H,2-4,6,9-12H2,1H3,(H2,17,18);1H. The number of nitrogens with two attached hydrogens (primary N) is 1. The van der Waals surface area contributed by atoms with E-state index in [1.165, 1.54) is 19.3 Å². The van der Waals surface area contributed by atoms with Gasteiger partial charge in [0.15, 0.2) is 5.96 Å². The Bertz CT molecular complexity index is 462. The molecule has 6 heteroatoms. The van der Waals surface area contributed by atoms with Crippen molar-refractivity contribution in [2.45, 2.75) is 25.7 Å². The molecule has 1 saturated heterocycles. The van der Waals surface area contributed by atoms with Crippen molar-refractivity contribution in [2.24, 2.45) is 10.7 Å². The zero-order valence-electron chi connectivity index (χ0n) is 13.2. The third-order valence-corrected chi connectivity index (χ3v) is 3.57. The Labute approximate surface area is 149 Å². The molecule has 0 unspecified atom stereocenters. The quantitative estimate of drug-likeness (QED) is 0.334. The van der Waals surface area contributed by atoms with E-state index < -0.39 is 0 Å². The fourth-order valence-corrected chi connectivity index (χ4v) is 2.36. The lowest BCUT2D eigenvalue weighted by Crippen LogP contribution is -2.40. The van der Waals surface area contributed by atoms with Crippen molar-refractivity contribution in [3.63, 3.8) is 0 Å². The normalized spacial score (nSPS) is 15.1. The van der Waals surface area contributed by atoms with E-state index >= 15 is 0 Å². The number of likely N-dealkylation sites (tertiary alicyclic amines) is 1. The van der Waals surface area contributed by atoms with Crippen molar-refractivity contribution in [3.05, 3.63) is 24.3 Å². The van der Waals surface area contributed by atoms with Gasteiger partial charge in [-0.15, -0.1) is 24.0 Å². The van der Waals surface area contributed by atoms with Gasteiger partial charge in [0.1, 0.15) is 11.5 Å². The summed E-state index contributed by atoms with van der Waals surface area (Å²) < 4.78 is 10.8. The molecule has 0 aliphatic carbocycles. The van der Waals surface area contributed by atoms with E-state index in [2.05, 4.69) is 9.89 Å². The molecule has 124 valence electrons. The van der Waals surface area contributed by atoms with Crippen LogP contribution in [0.1, 0.15) is 25.7 Å². The number of aliphatic imine (C=N–C) groups is 1. The summed E-state index contributed by atoms with van der Waals surface area (Å²) in [6.45, 7) is 3.40. The van der Waals surface area contributed by atoms with Crippen LogP contribution in [-0.2, 0) is 0 Å². The highest BCUT2D eigenvalue weighted by atomic mass is 127. The van der Waals surface area contributed by atoms with Crippen LogP contribution < -0.4 is 15.2 Å². The first-order valence-corrected chi connectivity index (χ1v) is 7.61. The third-order valence-electron chi connectivity index (χ3n) is 3.57. The molecule has 0 saturated carbocycles. The summed E-state index contributed by atoms with van der Waals surface area (Å²) in [6.07, 6.45) is 4.59. The summed E-state index contributed by atoms with van der Waals surface area (Å²) in [5.74, 6) is 2.30. The van der Waals surface area contributed by atoms with E-state index in [-0.39, 0.29) is 24.0 Å². The lowest BCUT2D eigenvalue weighted by molar-refractivity contribution is 0.309. The van der Waals surface area contributed by atoms with E-state index in [1.807, 2.05) is 24.3 Å². The van der Waals surface area contributed by atoms with Crippen LogP contribution in [0.4, 0.5) is 0 Å². The smallest absolute Gasteiger partial charge is 0.191 e. The minimum absolute atomic E-state index is 0. The van der Waals surface area contributed by atoms with Crippen molar-refractivity contribution in [3.8, 4) is 11.5 Å². The van der Waals surface area contributed by atoms with Crippen LogP contribution in [0.2, 0.25) is 0 Å². The zero-order chi connectivity index (χ0) is 14.9. The summed E-state index contributed by atoms with van der Waals surface area (Å²) in [6, 6.07) is 7.62. The SMILES string of the molecule is COc1cccc(OCCCN=C(N)N2CCCCC2)c1.I. The Balaban J connectivity index is 0.00000242. The zero-order valence-corrected chi connectivity index (χ0v) is 15.5. The number of methoxy groups -OCH3 is 1. The van der Waals surface area contributed by atoms with Crippen molar-refractivity contribution in [1.29, 1.82) is 0 Å². The number of halogens is 1. The fourth-order valence-electron chi connectivity index (χ4n) is 2.36. The first-order chi connectivity index (χ1) is 10.3. The molecule has 0 amide bonds. The van der Waals surface area contributed by atoms with Gasteiger partial charge in [0.25, 0.3) is 0 Å². The fraction of sp³-hybridized carbons (Fsp3) is 0.562. The number of hydrogen-bond acceptors (Lipinski definition) is 3. The summed E-state index contributed by atoms with van der Waals surface area (Å²) in [4.78, 5) is 6.60. The van der Waals surface area contributed by atoms with E-state index in [4.69, 9.17) is 15.2 Å². The Kier molecular flexibility index (Phi) is 9.03. The highest BCUT2D eigenvalue weighted by Gasteiger charge is 2.11. The topological polar surface area (TPSA) is 60.1 Å². The van der Waals surface area contributed by atoms with Gasteiger partial charge in [0.2, 0.25) is 0 Å². The Morgan fingerprint density at radius 3 is 2.68 bits per heavy atom. The maximum absolute atomic E-state index is 6.00. The lowest BCUT2D eigenvalue weighted by Gasteiger charge is -2.27. The van der Waals surface area contributed by atoms with E-state index in [1.54, 1.807) is 7.11 Å². The molecule has 1 heterocycles. The Morgan fingerprint density at radius 1 is 1.23 bits per heavy atom. The molecule has 1 aromatic carbocycles. The molecular weight excluding hydrogens is 393 g/mol. The van der Waals surface area contributed by atoms with Crippen LogP contribution >= 0.6 is 24.0 Å². The van der Waals surface area contributed by atoms with Gasteiger partial charge < -0.3 is 20.1 Å². The minimum atomic E-state index is 0. The lowest BCUT2D eigenvalue weighted by atomic mass is 10.1. The van der Waals surface area contributed by atoms with Crippen LogP contribution in [-0.4, -0.2) is 44.2 Å². The molecule has 0 radical (unpaired) electrons. The molecule has 0 bridgehead atoms. The number of hydrogen-bond donors (Lipinski definition) is 1. The maximum Gasteiger partial charge on any atom is 0.191 e. The van der Waals surface area contributed by atoms with E-state index in [0.717, 1.165) is 31.0 Å². The second-order valence-electron chi connectivity index (χ2n) is 5.17. The number of ether oxygens (including phenoxy) is 2. The van der Waals surface area contributed by atoms with Gasteiger partial charge in [-0.3, -0.25) is 4.99 Å². The first-order valence-electron chi connectivity index (χ1n) is 7.61. The van der Waals surface area contributed by atoms with Crippen molar-refractivity contribution in [1.82, 2.24) is 4.90 Å². The van der Waals surface area contributed by atoms with Crippen molar-refractivity contribution < 1.29 is 9.47 Å². The second kappa shape index (κ2) is 10.5. The molecule has 0 aromatic heterocycles. The molecule has 2 N–H and O–H groups in total. The number of nitrogens with zero attached hydrogens (tertiary/aromatic N) is 2. The molecule has 22 heavy (non-hydrogen) atoms. The van der Waals surface area contributed by atoms with E-state index in [9.17, 15) is 0 Å². The maximum atomic E-state index is 6.00. The van der Waals surface area contributed by atoms with Crippen LogP contribution in [0.15, 0.2) is 29.3 Å². The van der Waals surface area contributed by atoms with Crippen LogP contribution in [0.5, 0.6) is 11.5 Å². The average molecular weight is 419 g/mol. The summed E-state index contributed by atoms with van der Waals surface area (Å²) in [7, 11) is 1.65. The number of piperidine rings is 1. The second-order valence-corrected chi connectivity index (χ2v) is 5.17. The van der Waals surface area contributed by atoms with Gasteiger partial charge >= 0.3 is 0 Å². The first kappa shape index (κ1) is 18.9. The highest BCUT2D eigenvalue weighted by molar-refractivity contribution is 14.0. The highest BCUT2D eigenvalue weighted by Crippen LogP contribution is 2.18. The molecule has 2 rings (SSSR count). The average Bonchev–Trinajstić information content (AvgIpc) is 2.55. The predicted octanol–water partition coefficient (Wildman–Crippen LogP) is 2.88. The Hall–Kier alpha value is -1.18. The van der Waals surface area contributed by atoms with Gasteiger partial charge in [0, 0.05) is 32.1 Å². The van der Waals surface area contributed by atoms with Crippen molar-refractivity contribution in [2.75, 3.05) is 33.4 Å². The van der Waals surface area contributed by atoms with Gasteiger partial charge in [-0.25, -0.2) is 0 Å². The molecule has 0 spiro atoms. The molecule has 1 aliphatic heterocycles. The molecule has 5 nitrogen and oxygen atoms in total. The van der Waals surface area contributed by atoms with Crippen molar-refractivity contribution >= 4 is 29.9 Å². The van der Waals surface area contributed by atoms with Gasteiger partial charge in [-0.1, -0.05) is 6.07 Å². The van der Waals surface area contributed by atoms with Gasteiger partial charge in [-0.2, -0.15) is 0 Å². The minimum Gasteiger partial charge on any atom is -0.497 e. The number of guanidine groups is 1. The molecule has 0 atom stereocenters. The van der Waals surface area contributed by atoms with Gasteiger partial charge in [0.05, 0.1) is 13.7 Å². The molecular formula is C16H26IN3O2. The monoisotopic (exact) mass is 419 g/mol. The third kappa shape index (κ3) is 6.29. The van der Waals surface area contributed by atoms with Crippen LogP contribution in [0, 0.1) is 0 Å². The van der Waals surface area contributed by atoms with Crippen LogP contribution in [0.3, 0.4) is 0 Å². The van der Waals surface area contributed by atoms with Gasteiger partial charge in [-0.05, 0) is 31.4 Å². The molecule has 1 aromatic rings. The Morgan fingerprint density at radius 2 is 1.95 bits per heavy atom. The molecule has 1 fully saturated rings. The number of rotatable bonds is 6. The number of benzene rings is 1. The predicted molar refractivity (Wildman–Crippen MR) is 100 cm³/mol. The van der Waals surface area contributed by atoms with E-state index in [0.29, 0.717) is 19.1 Å². The van der Waals surface area contributed by atoms with Crippen LogP contribution in [0.25, 0.3) is 0 Å². The summed E-state index contributed by atoms with van der Waals surface area (Å²) >= 11 is 0. The largest absolute Gasteiger partial charge is 0.497 e. The summed E-state index contributed by atoms with van der Waals surface area (Å²) in [5, 5.41) is 0. The molecule has 1 aliphatic rings.